The normalized spacial score (nSPS) is 15.8. The molecule has 1 saturated heterocycles. The number of aliphatic imine (C=N–C) groups is 1. The third kappa shape index (κ3) is 6.27. The number of benzene rings is 1. The molecule has 0 bridgehead atoms. The molecule has 32 heavy (non-hydrogen) atoms. The Labute approximate surface area is 211 Å². The zero-order chi connectivity index (χ0) is 20.4. The minimum absolute atomic E-state index is 0. The van der Waals surface area contributed by atoms with E-state index in [4.69, 9.17) is 15.5 Å². The molecule has 0 saturated carbocycles. The van der Waals surface area contributed by atoms with Gasteiger partial charge in [-0.15, -0.1) is 48.6 Å². The molecule has 3 N–H and O–H groups in total. The zero-order valence-electron chi connectivity index (χ0n) is 18.1. The van der Waals surface area contributed by atoms with Gasteiger partial charge in [0.05, 0.1) is 23.5 Å². The van der Waals surface area contributed by atoms with Gasteiger partial charge >= 0.3 is 5.97 Å². The lowest BCUT2D eigenvalue weighted by atomic mass is 10.2. The maximum atomic E-state index is 11.8. The molecule has 7 nitrogen and oxygen atoms in total. The number of nitrogens with zero attached hydrogens (tertiary/aromatic N) is 3. The van der Waals surface area contributed by atoms with Crippen LogP contribution in [0, 0.1) is 6.92 Å². The fraction of sp³-hybridized carbons (Fsp3) is 0.429. The highest BCUT2D eigenvalue weighted by Gasteiger charge is 2.27. The van der Waals surface area contributed by atoms with Crippen molar-refractivity contribution < 1.29 is 9.53 Å². The molecule has 0 aliphatic carbocycles. The molecule has 1 aromatic heterocycles. The van der Waals surface area contributed by atoms with Crippen LogP contribution >= 0.6 is 48.6 Å². The van der Waals surface area contributed by atoms with Gasteiger partial charge < -0.3 is 20.7 Å². The molecule has 11 heteroatoms. The molecular weight excluding hydrogens is 493 g/mol. The van der Waals surface area contributed by atoms with Crippen LogP contribution in [0.4, 0.5) is 16.4 Å². The van der Waals surface area contributed by atoms with Gasteiger partial charge in [-0.05, 0) is 32.0 Å². The second kappa shape index (κ2) is 12.6. The number of thiophene rings is 1. The highest BCUT2D eigenvalue weighted by Crippen LogP contribution is 2.39. The summed E-state index contributed by atoms with van der Waals surface area (Å²) >= 11 is 1.75. The highest BCUT2D eigenvalue weighted by atomic mass is 35.5. The van der Waals surface area contributed by atoms with E-state index in [1.54, 1.807) is 18.3 Å². The number of rotatable bonds is 4. The predicted molar refractivity (Wildman–Crippen MR) is 139 cm³/mol. The minimum atomic E-state index is -0.598. The average Bonchev–Trinajstić information content (AvgIpc) is 3.00. The number of halogens is 3. The maximum Gasteiger partial charge on any atom is 0.324 e. The first kappa shape index (κ1) is 28.5. The number of para-hydroxylation sites is 2. The van der Waals surface area contributed by atoms with Gasteiger partial charge in [0.2, 0.25) is 0 Å². The average molecular weight is 523 g/mol. The molecule has 1 fully saturated rings. The number of nitrogens with one attached hydrogen (secondary N) is 1. The van der Waals surface area contributed by atoms with Crippen molar-refractivity contribution in [2.45, 2.75) is 19.9 Å². The summed E-state index contributed by atoms with van der Waals surface area (Å²) in [5.74, 6) is 0.681. The van der Waals surface area contributed by atoms with Crippen molar-refractivity contribution >= 4 is 76.7 Å². The van der Waals surface area contributed by atoms with Crippen LogP contribution < -0.4 is 11.1 Å². The van der Waals surface area contributed by atoms with E-state index >= 15 is 0 Å². The number of nitrogens with two attached hydrogens (primary N) is 1. The van der Waals surface area contributed by atoms with Gasteiger partial charge in [-0.3, -0.25) is 9.69 Å². The number of hydrogen-bond donors (Lipinski definition) is 2. The molecule has 1 aromatic carbocycles. The largest absolute Gasteiger partial charge is 0.465 e. The third-order valence-corrected chi connectivity index (χ3v) is 6.16. The van der Waals surface area contributed by atoms with Crippen molar-refractivity contribution in [2.75, 3.05) is 44.6 Å². The van der Waals surface area contributed by atoms with E-state index in [1.807, 2.05) is 18.2 Å². The predicted octanol–water partition coefficient (Wildman–Crippen LogP) is 3.97. The molecule has 2 aromatic rings. The monoisotopic (exact) mass is 521 g/mol. The van der Waals surface area contributed by atoms with E-state index < -0.39 is 6.04 Å². The molecule has 1 unspecified atom stereocenters. The molecular formula is C21H30Cl3N5O2S. The Morgan fingerprint density at radius 2 is 1.91 bits per heavy atom. The molecule has 2 aliphatic heterocycles. The van der Waals surface area contributed by atoms with Gasteiger partial charge in [0.1, 0.15) is 16.9 Å². The number of aryl methyl sites for hydroxylation is 1. The Bertz CT molecular complexity index is 932. The first-order valence-electron chi connectivity index (χ1n) is 10.00. The SMILES string of the molecule is CCOC(=O)C(N)CN1CCN(C2=Nc3ccccc3Nc3sc(C)cc32)CC1.Cl.Cl.Cl. The van der Waals surface area contributed by atoms with Crippen molar-refractivity contribution in [3.05, 3.63) is 40.8 Å². The van der Waals surface area contributed by atoms with E-state index in [9.17, 15) is 4.79 Å². The first-order chi connectivity index (χ1) is 14.0. The molecule has 0 radical (unpaired) electrons. The summed E-state index contributed by atoms with van der Waals surface area (Å²) in [6, 6.07) is 9.76. The number of amidine groups is 1. The molecule has 0 amide bonds. The van der Waals surface area contributed by atoms with Crippen LogP contribution in [0.3, 0.4) is 0 Å². The lowest BCUT2D eigenvalue weighted by Crippen LogP contribution is -2.53. The van der Waals surface area contributed by atoms with Gasteiger partial charge in [-0.1, -0.05) is 12.1 Å². The van der Waals surface area contributed by atoms with Gasteiger partial charge in [0.15, 0.2) is 0 Å². The number of hydrogen-bond acceptors (Lipinski definition) is 8. The van der Waals surface area contributed by atoms with Crippen LogP contribution in [0.2, 0.25) is 0 Å². The number of carbonyl (C=O) groups excluding carboxylic acids is 1. The second-order valence-corrected chi connectivity index (χ2v) is 8.58. The number of fused-ring (bicyclic) bond motifs is 2. The van der Waals surface area contributed by atoms with E-state index in [2.05, 4.69) is 34.2 Å². The Morgan fingerprint density at radius 3 is 2.59 bits per heavy atom. The van der Waals surface area contributed by atoms with E-state index in [-0.39, 0.29) is 43.2 Å². The topological polar surface area (TPSA) is 83.2 Å². The zero-order valence-corrected chi connectivity index (χ0v) is 21.3. The quantitative estimate of drug-likeness (QED) is 0.591. The fourth-order valence-electron chi connectivity index (χ4n) is 3.73. The second-order valence-electron chi connectivity index (χ2n) is 7.32. The summed E-state index contributed by atoms with van der Waals surface area (Å²) in [7, 11) is 0. The van der Waals surface area contributed by atoms with Crippen molar-refractivity contribution in [3.8, 4) is 0 Å². The Hall–Kier alpha value is -1.55. The van der Waals surface area contributed by atoms with Crippen LogP contribution in [-0.2, 0) is 9.53 Å². The molecule has 2 aliphatic rings. The van der Waals surface area contributed by atoms with Crippen LogP contribution in [-0.4, -0.2) is 67.0 Å². The molecule has 178 valence electrons. The molecule has 3 heterocycles. The fourth-order valence-corrected chi connectivity index (χ4v) is 4.65. The van der Waals surface area contributed by atoms with Crippen LogP contribution in [0.25, 0.3) is 0 Å². The van der Waals surface area contributed by atoms with Gasteiger partial charge in [0, 0.05) is 37.6 Å². The minimum Gasteiger partial charge on any atom is -0.465 e. The van der Waals surface area contributed by atoms with Gasteiger partial charge in [0.25, 0.3) is 0 Å². The number of piperazine rings is 1. The smallest absolute Gasteiger partial charge is 0.324 e. The summed E-state index contributed by atoms with van der Waals surface area (Å²) in [6.45, 7) is 8.14. The van der Waals surface area contributed by atoms with Gasteiger partial charge in [-0.2, -0.15) is 0 Å². The van der Waals surface area contributed by atoms with Crippen LogP contribution in [0.15, 0.2) is 35.3 Å². The molecule has 0 spiro atoms. The Morgan fingerprint density at radius 1 is 1.22 bits per heavy atom. The van der Waals surface area contributed by atoms with Crippen molar-refractivity contribution in [1.82, 2.24) is 9.80 Å². The summed E-state index contributed by atoms with van der Waals surface area (Å²) < 4.78 is 5.02. The molecule has 4 rings (SSSR count). The lowest BCUT2D eigenvalue weighted by Gasteiger charge is -2.37. The summed E-state index contributed by atoms with van der Waals surface area (Å²) in [4.78, 5) is 22.7. The van der Waals surface area contributed by atoms with E-state index in [0.717, 1.165) is 54.0 Å². The van der Waals surface area contributed by atoms with Crippen LogP contribution in [0.5, 0.6) is 0 Å². The highest BCUT2D eigenvalue weighted by molar-refractivity contribution is 7.16. The standard InChI is InChI=1S/C21H27N5O2S.3ClH/c1-3-28-21(27)16(22)13-25-8-10-26(11-9-25)19-15-12-14(2)29-20(15)24-18-7-5-4-6-17(18)23-19;;;/h4-7,12,16,24H,3,8-11,13,22H2,1-2H3;3*1H. The van der Waals surface area contributed by atoms with Crippen molar-refractivity contribution in [2.24, 2.45) is 10.7 Å². The summed E-state index contributed by atoms with van der Waals surface area (Å²) in [5, 5.41) is 4.69. The summed E-state index contributed by atoms with van der Waals surface area (Å²) in [5.41, 5.74) is 9.13. The Balaban J connectivity index is 0.00000171. The number of ether oxygens (including phenoxy) is 1. The maximum absolute atomic E-state index is 11.8. The van der Waals surface area contributed by atoms with Crippen molar-refractivity contribution in [1.29, 1.82) is 0 Å². The van der Waals surface area contributed by atoms with E-state index in [0.29, 0.717) is 13.2 Å². The number of anilines is 2. The molecule has 1 atom stereocenters. The van der Waals surface area contributed by atoms with Gasteiger partial charge in [-0.25, -0.2) is 4.99 Å². The first-order valence-corrected chi connectivity index (χ1v) is 10.8. The third-order valence-electron chi connectivity index (χ3n) is 5.19. The van der Waals surface area contributed by atoms with Crippen molar-refractivity contribution in [3.63, 3.8) is 0 Å². The number of carbonyl (C=O) groups is 1. The van der Waals surface area contributed by atoms with E-state index in [1.165, 1.54) is 4.88 Å². The Kier molecular flexibility index (Phi) is 11.2. The van der Waals surface area contributed by atoms with Crippen LogP contribution in [0.1, 0.15) is 17.4 Å². The number of esters is 1. The summed E-state index contributed by atoms with van der Waals surface area (Å²) in [6.07, 6.45) is 0. The lowest BCUT2D eigenvalue weighted by molar-refractivity contribution is -0.145.